The molecule has 3 fully saturated rings. The Morgan fingerprint density at radius 2 is 2.22 bits per heavy atom. The normalized spacial score (nSPS) is 42.7. The molecule has 2 unspecified atom stereocenters. The van der Waals surface area contributed by atoms with Crippen molar-refractivity contribution in [1.29, 1.82) is 0 Å². The second kappa shape index (κ2) is 2.51. The van der Waals surface area contributed by atoms with Crippen molar-refractivity contribution in [2.24, 2.45) is 5.92 Å². The molecule has 0 spiro atoms. The molecule has 2 bridgehead atoms. The summed E-state index contributed by atoms with van der Waals surface area (Å²) < 4.78 is 5.58. The maximum absolute atomic E-state index is 5.58. The Kier molecular flexibility index (Phi) is 1.68. The van der Waals surface area contributed by atoms with Gasteiger partial charge in [0.25, 0.3) is 0 Å². The molecule has 0 saturated carbocycles. The fraction of sp³-hybridized carbons (Fsp3) is 1.00. The molecule has 52 valence electrons. The van der Waals surface area contributed by atoms with Crippen LogP contribution in [0, 0.1) is 5.92 Å². The Labute approximate surface area is 60.2 Å². The lowest BCUT2D eigenvalue weighted by atomic mass is 10.0. The molecule has 2 heteroatoms. The molecule has 3 rings (SSSR count). The predicted octanol–water partition coefficient (Wildman–Crippen LogP) is 1.53. The lowest BCUT2D eigenvalue weighted by Gasteiger charge is -2.22. The van der Waals surface area contributed by atoms with Crippen molar-refractivity contribution in [2.45, 2.75) is 18.9 Å². The van der Waals surface area contributed by atoms with Crippen molar-refractivity contribution in [3.05, 3.63) is 0 Å². The van der Waals surface area contributed by atoms with Gasteiger partial charge >= 0.3 is 0 Å². The smallest absolute Gasteiger partial charge is 0.0665 e. The van der Waals surface area contributed by atoms with Crippen LogP contribution in [0.25, 0.3) is 0 Å². The molecule has 0 aliphatic carbocycles. The van der Waals surface area contributed by atoms with Gasteiger partial charge in [0.2, 0.25) is 0 Å². The van der Waals surface area contributed by atoms with E-state index in [1.807, 2.05) is 0 Å². The van der Waals surface area contributed by atoms with E-state index in [2.05, 4.69) is 11.8 Å². The van der Waals surface area contributed by atoms with E-state index in [0.29, 0.717) is 6.10 Å². The number of fused-ring (bicyclic) bond motifs is 4. The van der Waals surface area contributed by atoms with Crippen LogP contribution in [0.15, 0.2) is 0 Å². The standard InChI is InChI=1S/C7H12OS/c1-2-7-5-9-4-6(1)3-8-7/h6-7H,1-5H2. The van der Waals surface area contributed by atoms with Crippen molar-refractivity contribution in [1.82, 2.24) is 0 Å². The summed E-state index contributed by atoms with van der Waals surface area (Å²) in [6.07, 6.45) is 3.34. The maximum Gasteiger partial charge on any atom is 0.0665 e. The van der Waals surface area contributed by atoms with E-state index in [1.165, 1.54) is 24.3 Å². The SMILES string of the molecule is C1CC2CSCC1CO2. The number of thioether (sulfide) groups is 1. The first-order chi connectivity index (χ1) is 4.45. The molecule has 3 aliphatic rings. The van der Waals surface area contributed by atoms with Gasteiger partial charge in [-0.3, -0.25) is 0 Å². The molecule has 1 nitrogen and oxygen atoms in total. The van der Waals surface area contributed by atoms with E-state index >= 15 is 0 Å². The molecule has 3 saturated heterocycles. The van der Waals surface area contributed by atoms with Gasteiger partial charge in [0.05, 0.1) is 12.7 Å². The fourth-order valence-electron chi connectivity index (χ4n) is 1.49. The van der Waals surface area contributed by atoms with Gasteiger partial charge in [-0.1, -0.05) is 0 Å². The summed E-state index contributed by atoms with van der Waals surface area (Å²) in [5, 5.41) is 0. The van der Waals surface area contributed by atoms with Crippen LogP contribution >= 0.6 is 11.8 Å². The van der Waals surface area contributed by atoms with Gasteiger partial charge in [0.15, 0.2) is 0 Å². The van der Waals surface area contributed by atoms with Gasteiger partial charge in [-0.25, -0.2) is 0 Å². The molecule has 9 heavy (non-hydrogen) atoms. The van der Waals surface area contributed by atoms with Crippen molar-refractivity contribution in [3.63, 3.8) is 0 Å². The second-order valence-corrected chi connectivity index (χ2v) is 4.01. The van der Waals surface area contributed by atoms with Crippen LogP contribution in [0.1, 0.15) is 12.8 Å². The third kappa shape index (κ3) is 1.24. The van der Waals surface area contributed by atoms with Crippen LogP contribution in [0.5, 0.6) is 0 Å². The lowest BCUT2D eigenvalue weighted by Crippen LogP contribution is -2.24. The summed E-state index contributed by atoms with van der Waals surface area (Å²) in [4.78, 5) is 0. The van der Waals surface area contributed by atoms with Gasteiger partial charge in [0, 0.05) is 5.75 Å². The molecule has 0 aromatic carbocycles. The first kappa shape index (κ1) is 6.05. The molecule has 3 aliphatic heterocycles. The van der Waals surface area contributed by atoms with Crippen LogP contribution < -0.4 is 0 Å². The van der Waals surface area contributed by atoms with E-state index in [1.54, 1.807) is 0 Å². The van der Waals surface area contributed by atoms with Crippen molar-refractivity contribution >= 4 is 11.8 Å². The molecule has 0 aromatic rings. The predicted molar refractivity (Wildman–Crippen MR) is 39.8 cm³/mol. The van der Waals surface area contributed by atoms with Crippen LogP contribution in [0.2, 0.25) is 0 Å². The van der Waals surface area contributed by atoms with Gasteiger partial charge in [-0.2, -0.15) is 11.8 Å². The van der Waals surface area contributed by atoms with Gasteiger partial charge in [-0.15, -0.1) is 0 Å². The number of ether oxygens (including phenoxy) is 1. The zero-order valence-corrected chi connectivity index (χ0v) is 6.32. The number of hydrogen-bond acceptors (Lipinski definition) is 2. The van der Waals surface area contributed by atoms with E-state index in [0.717, 1.165) is 12.5 Å². The summed E-state index contributed by atoms with van der Waals surface area (Å²) in [6, 6.07) is 0. The van der Waals surface area contributed by atoms with Gasteiger partial charge in [0.1, 0.15) is 0 Å². The average Bonchev–Trinajstić information content (AvgIpc) is 2.21. The molecular weight excluding hydrogens is 132 g/mol. The second-order valence-electron chi connectivity index (χ2n) is 2.94. The van der Waals surface area contributed by atoms with Crippen LogP contribution in [-0.4, -0.2) is 24.2 Å². The minimum atomic E-state index is 0.605. The quantitative estimate of drug-likeness (QED) is 0.510. The maximum atomic E-state index is 5.58. The highest BCUT2D eigenvalue weighted by Gasteiger charge is 2.25. The number of rotatable bonds is 0. The highest BCUT2D eigenvalue weighted by atomic mass is 32.2. The molecule has 0 radical (unpaired) electrons. The van der Waals surface area contributed by atoms with Crippen molar-refractivity contribution in [3.8, 4) is 0 Å². The molecule has 3 heterocycles. The van der Waals surface area contributed by atoms with E-state index in [4.69, 9.17) is 4.74 Å². The van der Waals surface area contributed by atoms with E-state index in [9.17, 15) is 0 Å². The Balaban J connectivity index is 2.03. The highest BCUT2D eigenvalue weighted by Crippen LogP contribution is 2.29. The Bertz CT molecular complexity index is 79.6. The van der Waals surface area contributed by atoms with Crippen LogP contribution in [-0.2, 0) is 4.74 Å². The van der Waals surface area contributed by atoms with Crippen LogP contribution in [0.3, 0.4) is 0 Å². The van der Waals surface area contributed by atoms with Gasteiger partial charge in [-0.05, 0) is 24.5 Å². The van der Waals surface area contributed by atoms with Crippen LogP contribution in [0.4, 0.5) is 0 Å². The minimum Gasteiger partial charge on any atom is -0.377 e. The molecule has 0 aromatic heterocycles. The zero-order chi connectivity index (χ0) is 6.10. The largest absolute Gasteiger partial charge is 0.377 e. The van der Waals surface area contributed by atoms with Crippen molar-refractivity contribution < 1.29 is 4.74 Å². The summed E-state index contributed by atoms with van der Waals surface area (Å²) >= 11 is 2.07. The Hall–Kier alpha value is 0.310. The fourth-order valence-corrected chi connectivity index (χ4v) is 2.75. The highest BCUT2D eigenvalue weighted by molar-refractivity contribution is 7.99. The third-order valence-electron chi connectivity index (χ3n) is 2.12. The van der Waals surface area contributed by atoms with E-state index in [-0.39, 0.29) is 0 Å². The lowest BCUT2D eigenvalue weighted by molar-refractivity contribution is 0.00864. The zero-order valence-electron chi connectivity index (χ0n) is 5.51. The van der Waals surface area contributed by atoms with Crippen molar-refractivity contribution in [2.75, 3.05) is 18.1 Å². The van der Waals surface area contributed by atoms with Gasteiger partial charge < -0.3 is 4.74 Å². The monoisotopic (exact) mass is 144 g/mol. The first-order valence-electron chi connectivity index (χ1n) is 3.64. The first-order valence-corrected chi connectivity index (χ1v) is 4.80. The molecule has 2 atom stereocenters. The average molecular weight is 144 g/mol. The number of hydrogen-bond donors (Lipinski definition) is 0. The Morgan fingerprint density at radius 3 is 3.00 bits per heavy atom. The summed E-state index contributed by atoms with van der Waals surface area (Å²) in [6.45, 7) is 1.04. The summed E-state index contributed by atoms with van der Waals surface area (Å²) in [5.41, 5.74) is 0. The summed E-state index contributed by atoms with van der Waals surface area (Å²) in [7, 11) is 0. The third-order valence-corrected chi connectivity index (χ3v) is 3.44. The van der Waals surface area contributed by atoms with E-state index < -0.39 is 0 Å². The Morgan fingerprint density at radius 1 is 1.22 bits per heavy atom. The molecular formula is C7H12OS. The molecule has 0 N–H and O–H groups in total. The topological polar surface area (TPSA) is 9.23 Å². The summed E-state index contributed by atoms with van der Waals surface area (Å²) in [5.74, 6) is 3.47. The molecule has 0 amide bonds. The minimum absolute atomic E-state index is 0.605.